The van der Waals surface area contributed by atoms with Crippen molar-refractivity contribution in [3.8, 4) is 0 Å². The Hall–Kier alpha value is -1.22. The summed E-state index contributed by atoms with van der Waals surface area (Å²) in [6.45, 7) is 4.05. The number of halogens is 2. The van der Waals surface area contributed by atoms with Gasteiger partial charge in [-0.1, -0.05) is 41.4 Å². The van der Waals surface area contributed by atoms with Crippen LogP contribution in [-0.2, 0) is 13.0 Å². The Labute approximate surface area is 135 Å². The Bertz CT molecular complexity index is 670. The summed E-state index contributed by atoms with van der Waals surface area (Å²) in [4.78, 5) is 2.41. The standard InChI is InChI=1S/C17H18Cl2N2/c1-11(14-6-5-13(18)9-16(14)19)21-8-7-12-3-2-4-17(20)15(12)10-21/h2-6,9,11H,7-8,10,20H2,1H3. The first-order chi connectivity index (χ1) is 10.1. The van der Waals surface area contributed by atoms with Crippen LogP contribution in [0.1, 0.15) is 29.7 Å². The van der Waals surface area contributed by atoms with E-state index in [4.69, 9.17) is 28.9 Å². The smallest absolute Gasteiger partial charge is 0.0468 e. The van der Waals surface area contributed by atoms with E-state index in [0.29, 0.717) is 5.02 Å². The lowest BCUT2D eigenvalue weighted by Gasteiger charge is -2.35. The van der Waals surface area contributed by atoms with E-state index < -0.39 is 0 Å². The van der Waals surface area contributed by atoms with Gasteiger partial charge in [0.05, 0.1) is 0 Å². The molecule has 3 rings (SSSR count). The van der Waals surface area contributed by atoms with Crippen LogP contribution in [0.2, 0.25) is 10.0 Å². The summed E-state index contributed by atoms with van der Waals surface area (Å²) in [5.41, 5.74) is 10.7. The van der Waals surface area contributed by atoms with Gasteiger partial charge in [0.25, 0.3) is 0 Å². The van der Waals surface area contributed by atoms with Crippen molar-refractivity contribution in [2.45, 2.75) is 25.9 Å². The monoisotopic (exact) mass is 320 g/mol. The van der Waals surface area contributed by atoms with Crippen molar-refractivity contribution >= 4 is 28.9 Å². The van der Waals surface area contributed by atoms with Crippen molar-refractivity contribution < 1.29 is 0 Å². The second-order valence-corrected chi connectivity index (χ2v) is 6.39. The predicted octanol–water partition coefficient (Wildman–Crippen LogP) is 4.69. The van der Waals surface area contributed by atoms with Crippen LogP contribution in [0.25, 0.3) is 0 Å². The van der Waals surface area contributed by atoms with E-state index in [1.54, 1.807) is 6.07 Å². The van der Waals surface area contributed by atoms with Gasteiger partial charge in [-0.3, -0.25) is 4.90 Å². The van der Waals surface area contributed by atoms with Gasteiger partial charge < -0.3 is 5.73 Å². The van der Waals surface area contributed by atoms with E-state index in [1.807, 2.05) is 24.3 Å². The first kappa shape index (κ1) is 14.7. The molecular formula is C17H18Cl2N2. The minimum absolute atomic E-state index is 0.238. The zero-order valence-corrected chi connectivity index (χ0v) is 13.5. The van der Waals surface area contributed by atoms with Gasteiger partial charge in [-0.15, -0.1) is 0 Å². The van der Waals surface area contributed by atoms with E-state index >= 15 is 0 Å². The molecule has 0 spiro atoms. The molecule has 0 saturated carbocycles. The number of benzene rings is 2. The Morgan fingerprint density at radius 3 is 2.76 bits per heavy atom. The SMILES string of the molecule is CC(c1ccc(Cl)cc1Cl)N1CCc2cccc(N)c2C1. The molecule has 0 bridgehead atoms. The normalized spacial score (nSPS) is 16.5. The number of nitrogen functional groups attached to an aromatic ring is 1. The van der Waals surface area contributed by atoms with Gasteiger partial charge in [-0.05, 0) is 48.2 Å². The highest BCUT2D eigenvalue weighted by molar-refractivity contribution is 6.35. The maximum atomic E-state index is 6.34. The molecule has 0 fully saturated rings. The molecule has 4 heteroatoms. The third-order valence-electron chi connectivity index (χ3n) is 4.30. The number of hydrogen-bond donors (Lipinski definition) is 1. The second-order valence-electron chi connectivity index (χ2n) is 5.55. The average molecular weight is 321 g/mol. The molecule has 1 atom stereocenters. The zero-order valence-electron chi connectivity index (χ0n) is 11.9. The number of anilines is 1. The van der Waals surface area contributed by atoms with Crippen LogP contribution in [-0.4, -0.2) is 11.4 Å². The van der Waals surface area contributed by atoms with Crippen LogP contribution in [0.4, 0.5) is 5.69 Å². The predicted molar refractivity (Wildman–Crippen MR) is 89.8 cm³/mol. The van der Waals surface area contributed by atoms with Crippen LogP contribution in [0.5, 0.6) is 0 Å². The Kier molecular flexibility index (Phi) is 4.12. The summed E-state index contributed by atoms with van der Waals surface area (Å²) in [6, 6.07) is 12.1. The van der Waals surface area contributed by atoms with Crippen LogP contribution in [0.15, 0.2) is 36.4 Å². The number of nitrogens with two attached hydrogens (primary N) is 1. The number of rotatable bonds is 2. The number of fused-ring (bicyclic) bond motifs is 1. The zero-order chi connectivity index (χ0) is 15.0. The van der Waals surface area contributed by atoms with Crippen molar-refractivity contribution in [1.82, 2.24) is 4.90 Å². The van der Waals surface area contributed by atoms with E-state index in [9.17, 15) is 0 Å². The van der Waals surface area contributed by atoms with Gasteiger partial charge in [-0.2, -0.15) is 0 Å². The van der Waals surface area contributed by atoms with E-state index in [0.717, 1.165) is 35.8 Å². The average Bonchev–Trinajstić information content (AvgIpc) is 2.47. The summed E-state index contributed by atoms with van der Waals surface area (Å²) >= 11 is 12.3. The molecule has 0 amide bonds. The summed E-state index contributed by atoms with van der Waals surface area (Å²) in [7, 11) is 0. The second kappa shape index (κ2) is 5.88. The molecule has 2 nitrogen and oxygen atoms in total. The van der Waals surface area contributed by atoms with Gasteiger partial charge in [0, 0.05) is 34.9 Å². The maximum absolute atomic E-state index is 6.34. The molecule has 0 saturated heterocycles. The first-order valence-electron chi connectivity index (χ1n) is 7.11. The fourth-order valence-electron chi connectivity index (χ4n) is 3.00. The lowest BCUT2D eigenvalue weighted by Crippen LogP contribution is -2.33. The Morgan fingerprint density at radius 1 is 1.19 bits per heavy atom. The molecule has 1 unspecified atom stereocenters. The molecule has 2 N–H and O–H groups in total. The van der Waals surface area contributed by atoms with Crippen LogP contribution in [0, 0.1) is 0 Å². The molecule has 1 aliphatic rings. The minimum Gasteiger partial charge on any atom is -0.398 e. The van der Waals surface area contributed by atoms with Gasteiger partial charge in [-0.25, -0.2) is 0 Å². The largest absolute Gasteiger partial charge is 0.398 e. The van der Waals surface area contributed by atoms with E-state index in [1.165, 1.54) is 11.1 Å². The van der Waals surface area contributed by atoms with Crippen LogP contribution < -0.4 is 5.73 Å². The summed E-state index contributed by atoms with van der Waals surface area (Å²) in [6.07, 6.45) is 1.02. The van der Waals surface area contributed by atoms with Crippen molar-refractivity contribution in [2.24, 2.45) is 0 Å². The molecule has 1 aliphatic heterocycles. The molecule has 2 aromatic rings. The van der Waals surface area contributed by atoms with Gasteiger partial charge in [0.2, 0.25) is 0 Å². The number of hydrogen-bond acceptors (Lipinski definition) is 2. The summed E-state index contributed by atoms with van der Waals surface area (Å²) < 4.78 is 0. The molecule has 0 aromatic heterocycles. The highest BCUT2D eigenvalue weighted by atomic mass is 35.5. The lowest BCUT2D eigenvalue weighted by molar-refractivity contribution is 0.193. The topological polar surface area (TPSA) is 29.3 Å². The van der Waals surface area contributed by atoms with Crippen molar-refractivity contribution in [3.63, 3.8) is 0 Å². The number of nitrogens with zero attached hydrogens (tertiary/aromatic N) is 1. The summed E-state index contributed by atoms with van der Waals surface area (Å²) in [5.74, 6) is 0. The lowest BCUT2D eigenvalue weighted by atomic mass is 9.95. The highest BCUT2D eigenvalue weighted by Crippen LogP contribution is 2.34. The third kappa shape index (κ3) is 2.89. The molecule has 0 radical (unpaired) electrons. The molecule has 110 valence electrons. The Balaban J connectivity index is 1.87. The van der Waals surface area contributed by atoms with Crippen LogP contribution in [0.3, 0.4) is 0 Å². The molecule has 2 aromatic carbocycles. The molecule has 21 heavy (non-hydrogen) atoms. The van der Waals surface area contributed by atoms with E-state index in [2.05, 4.69) is 17.9 Å². The molecule has 0 aliphatic carbocycles. The molecule has 1 heterocycles. The first-order valence-corrected chi connectivity index (χ1v) is 7.87. The Morgan fingerprint density at radius 2 is 2.00 bits per heavy atom. The third-order valence-corrected chi connectivity index (χ3v) is 4.86. The van der Waals surface area contributed by atoms with Crippen molar-refractivity contribution in [1.29, 1.82) is 0 Å². The minimum atomic E-state index is 0.238. The van der Waals surface area contributed by atoms with Gasteiger partial charge in [0.15, 0.2) is 0 Å². The van der Waals surface area contributed by atoms with Gasteiger partial charge in [0.1, 0.15) is 0 Å². The van der Waals surface area contributed by atoms with E-state index in [-0.39, 0.29) is 6.04 Å². The van der Waals surface area contributed by atoms with Gasteiger partial charge >= 0.3 is 0 Å². The highest BCUT2D eigenvalue weighted by Gasteiger charge is 2.24. The van der Waals surface area contributed by atoms with Crippen molar-refractivity contribution in [2.75, 3.05) is 12.3 Å². The van der Waals surface area contributed by atoms with Crippen LogP contribution >= 0.6 is 23.2 Å². The fraction of sp³-hybridized carbons (Fsp3) is 0.294. The summed E-state index contributed by atoms with van der Waals surface area (Å²) in [5, 5.41) is 1.39. The maximum Gasteiger partial charge on any atom is 0.0468 e. The van der Waals surface area contributed by atoms with Crippen molar-refractivity contribution in [3.05, 3.63) is 63.1 Å². The molecular weight excluding hydrogens is 303 g/mol. The fourth-order valence-corrected chi connectivity index (χ4v) is 3.56. The quantitative estimate of drug-likeness (QED) is 0.813.